The van der Waals surface area contributed by atoms with Crippen LogP contribution in [0.4, 0.5) is 5.69 Å². The summed E-state index contributed by atoms with van der Waals surface area (Å²) in [7, 11) is 1.71. The van der Waals surface area contributed by atoms with Crippen LogP contribution >= 0.6 is 0 Å². The van der Waals surface area contributed by atoms with Crippen LogP contribution in [0.5, 0.6) is 0 Å². The van der Waals surface area contributed by atoms with Gasteiger partial charge in [-0.05, 0) is 50.4 Å². The zero-order valence-electron chi connectivity index (χ0n) is 14.8. The molecule has 0 radical (unpaired) electrons. The van der Waals surface area contributed by atoms with Crippen LogP contribution in [0.15, 0.2) is 24.3 Å². The van der Waals surface area contributed by atoms with Crippen LogP contribution in [-0.4, -0.2) is 56.1 Å². The van der Waals surface area contributed by atoms with E-state index in [0.717, 1.165) is 45.3 Å². The maximum absolute atomic E-state index is 12.6. The van der Waals surface area contributed by atoms with Crippen LogP contribution in [0.1, 0.15) is 36.0 Å². The first-order valence-corrected chi connectivity index (χ1v) is 9.09. The molecule has 1 atom stereocenters. The first kappa shape index (κ1) is 17.9. The predicted molar refractivity (Wildman–Crippen MR) is 96.6 cm³/mol. The van der Waals surface area contributed by atoms with E-state index >= 15 is 0 Å². The van der Waals surface area contributed by atoms with Gasteiger partial charge in [0, 0.05) is 43.4 Å². The van der Waals surface area contributed by atoms with E-state index in [9.17, 15) is 9.59 Å². The normalized spacial score (nSPS) is 20.9. The molecule has 0 bridgehead atoms. The number of anilines is 1. The average Bonchev–Trinajstić information content (AvgIpc) is 3.46. The Morgan fingerprint density at radius 1 is 1.28 bits per heavy atom. The average molecular weight is 345 g/mol. The molecule has 2 fully saturated rings. The lowest BCUT2D eigenvalue weighted by Crippen LogP contribution is -2.48. The summed E-state index contributed by atoms with van der Waals surface area (Å²) in [6.45, 7) is 3.51. The summed E-state index contributed by atoms with van der Waals surface area (Å²) in [5.41, 5.74) is 1.28. The molecule has 3 rings (SSSR count). The molecule has 2 aliphatic rings. The van der Waals surface area contributed by atoms with Crippen LogP contribution in [0.3, 0.4) is 0 Å². The van der Waals surface area contributed by atoms with E-state index in [-0.39, 0.29) is 23.8 Å². The van der Waals surface area contributed by atoms with Crippen molar-refractivity contribution in [1.82, 2.24) is 10.2 Å². The van der Waals surface area contributed by atoms with Crippen molar-refractivity contribution in [2.45, 2.75) is 31.7 Å². The van der Waals surface area contributed by atoms with E-state index in [1.165, 1.54) is 0 Å². The molecule has 1 saturated carbocycles. The van der Waals surface area contributed by atoms with Gasteiger partial charge in [-0.1, -0.05) is 6.07 Å². The van der Waals surface area contributed by atoms with E-state index in [4.69, 9.17) is 4.74 Å². The summed E-state index contributed by atoms with van der Waals surface area (Å²) in [6.07, 6.45) is 4.00. The number of methoxy groups -OCH3 is 1. The molecule has 1 aromatic carbocycles. The summed E-state index contributed by atoms with van der Waals surface area (Å²) in [4.78, 5) is 26.7. The number of hydrogen-bond donors (Lipinski definition) is 2. The van der Waals surface area contributed by atoms with Gasteiger partial charge in [-0.25, -0.2) is 0 Å². The van der Waals surface area contributed by atoms with Crippen molar-refractivity contribution in [3.05, 3.63) is 29.8 Å². The van der Waals surface area contributed by atoms with Gasteiger partial charge in [0.2, 0.25) is 5.91 Å². The fraction of sp³-hybridized carbons (Fsp3) is 0.579. The number of piperidine rings is 1. The number of carbonyl (C=O) groups excluding carboxylic acids is 2. The Hall–Kier alpha value is -1.92. The summed E-state index contributed by atoms with van der Waals surface area (Å²) in [5, 5.41) is 6.02. The fourth-order valence-corrected chi connectivity index (χ4v) is 3.19. The van der Waals surface area contributed by atoms with Gasteiger partial charge in [-0.15, -0.1) is 0 Å². The molecule has 6 heteroatoms. The first-order valence-electron chi connectivity index (χ1n) is 9.09. The SMILES string of the molecule is COCCN1CCC[C@H](NC(=O)c2cccc(NC(=O)C3CC3)c2)C1. The number of nitrogens with zero attached hydrogens (tertiary/aromatic N) is 1. The number of likely N-dealkylation sites (tertiary alicyclic amines) is 1. The molecule has 1 aliphatic carbocycles. The van der Waals surface area contributed by atoms with Crippen molar-refractivity contribution in [2.24, 2.45) is 5.92 Å². The van der Waals surface area contributed by atoms with Gasteiger partial charge in [0.15, 0.2) is 0 Å². The maximum atomic E-state index is 12.6. The molecule has 2 amide bonds. The lowest BCUT2D eigenvalue weighted by molar-refractivity contribution is -0.117. The number of hydrogen-bond acceptors (Lipinski definition) is 4. The second-order valence-corrected chi connectivity index (χ2v) is 6.95. The molecule has 1 saturated heterocycles. The van der Waals surface area contributed by atoms with Crippen LogP contribution in [-0.2, 0) is 9.53 Å². The highest BCUT2D eigenvalue weighted by Gasteiger charge is 2.29. The molecular formula is C19H27N3O3. The lowest BCUT2D eigenvalue weighted by Gasteiger charge is -2.32. The van der Waals surface area contributed by atoms with Gasteiger partial charge in [-0.3, -0.25) is 14.5 Å². The van der Waals surface area contributed by atoms with Gasteiger partial charge in [-0.2, -0.15) is 0 Å². The molecule has 0 spiro atoms. The Bertz CT molecular complexity index is 616. The zero-order valence-corrected chi connectivity index (χ0v) is 14.8. The smallest absolute Gasteiger partial charge is 0.251 e. The minimum Gasteiger partial charge on any atom is -0.383 e. The Morgan fingerprint density at radius 2 is 2.12 bits per heavy atom. The lowest BCUT2D eigenvalue weighted by atomic mass is 10.0. The largest absolute Gasteiger partial charge is 0.383 e. The monoisotopic (exact) mass is 345 g/mol. The van der Waals surface area contributed by atoms with Crippen LogP contribution in [0, 0.1) is 5.92 Å². The van der Waals surface area contributed by atoms with Gasteiger partial charge >= 0.3 is 0 Å². The Kier molecular flexibility index (Phi) is 6.04. The third-order valence-corrected chi connectivity index (χ3v) is 4.79. The highest BCUT2D eigenvalue weighted by atomic mass is 16.5. The third kappa shape index (κ3) is 5.28. The fourth-order valence-electron chi connectivity index (χ4n) is 3.19. The van der Waals surface area contributed by atoms with Gasteiger partial charge in [0.05, 0.1) is 6.61 Å². The summed E-state index contributed by atoms with van der Waals surface area (Å²) in [5.74, 6) is 0.123. The number of nitrogens with one attached hydrogen (secondary N) is 2. The molecular weight excluding hydrogens is 318 g/mol. The molecule has 1 heterocycles. The van der Waals surface area contributed by atoms with Crippen molar-refractivity contribution in [3.63, 3.8) is 0 Å². The quantitative estimate of drug-likeness (QED) is 0.791. The highest BCUT2D eigenvalue weighted by molar-refractivity contribution is 5.98. The molecule has 25 heavy (non-hydrogen) atoms. The number of carbonyl (C=O) groups is 2. The van der Waals surface area contributed by atoms with Gasteiger partial charge in [0.25, 0.3) is 5.91 Å². The molecule has 2 N–H and O–H groups in total. The van der Waals surface area contributed by atoms with Crippen LogP contribution in [0.2, 0.25) is 0 Å². The summed E-state index contributed by atoms with van der Waals surface area (Å²) >= 11 is 0. The van der Waals surface area contributed by atoms with Gasteiger partial charge < -0.3 is 15.4 Å². The van der Waals surface area contributed by atoms with Crippen molar-refractivity contribution >= 4 is 17.5 Å². The minimum absolute atomic E-state index is 0.0543. The third-order valence-electron chi connectivity index (χ3n) is 4.79. The van der Waals surface area contributed by atoms with Crippen LogP contribution in [0.25, 0.3) is 0 Å². The van der Waals surface area contributed by atoms with Crippen molar-refractivity contribution in [2.75, 3.05) is 38.7 Å². The predicted octanol–water partition coefficient (Wildman–Crippen LogP) is 1.88. The van der Waals surface area contributed by atoms with E-state index in [0.29, 0.717) is 17.9 Å². The first-order chi connectivity index (χ1) is 12.2. The molecule has 6 nitrogen and oxygen atoms in total. The highest BCUT2D eigenvalue weighted by Crippen LogP contribution is 2.30. The number of amides is 2. The standard InChI is InChI=1S/C19H27N3O3/c1-25-11-10-22-9-3-6-17(13-22)21-19(24)15-4-2-5-16(12-15)20-18(23)14-7-8-14/h2,4-5,12,14,17H,3,6-11,13H2,1H3,(H,20,23)(H,21,24)/t17-/m0/s1. The number of ether oxygens (including phenoxy) is 1. The van der Waals surface area contributed by atoms with E-state index in [1.807, 2.05) is 12.1 Å². The maximum Gasteiger partial charge on any atom is 0.251 e. The Labute approximate surface area is 148 Å². The molecule has 0 unspecified atom stereocenters. The van der Waals surface area contributed by atoms with Crippen molar-refractivity contribution in [1.29, 1.82) is 0 Å². The topological polar surface area (TPSA) is 70.7 Å². The minimum atomic E-state index is -0.0823. The number of rotatable bonds is 7. The molecule has 0 aromatic heterocycles. The number of benzene rings is 1. The van der Waals surface area contributed by atoms with E-state index in [1.54, 1.807) is 19.2 Å². The van der Waals surface area contributed by atoms with Crippen molar-refractivity contribution in [3.8, 4) is 0 Å². The van der Waals surface area contributed by atoms with E-state index < -0.39 is 0 Å². The second kappa shape index (κ2) is 8.45. The van der Waals surface area contributed by atoms with E-state index in [2.05, 4.69) is 15.5 Å². The molecule has 1 aliphatic heterocycles. The van der Waals surface area contributed by atoms with Crippen molar-refractivity contribution < 1.29 is 14.3 Å². The summed E-state index contributed by atoms with van der Waals surface area (Å²) < 4.78 is 5.13. The Morgan fingerprint density at radius 3 is 2.88 bits per heavy atom. The van der Waals surface area contributed by atoms with Crippen LogP contribution < -0.4 is 10.6 Å². The zero-order chi connectivity index (χ0) is 17.6. The molecule has 1 aromatic rings. The Balaban J connectivity index is 1.54. The molecule has 136 valence electrons. The summed E-state index contributed by atoms with van der Waals surface area (Å²) in [6, 6.07) is 7.32. The van der Waals surface area contributed by atoms with Gasteiger partial charge in [0.1, 0.15) is 0 Å². The second-order valence-electron chi connectivity index (χ2n) is 6.95.